The van der Waals surface area contributed by atoms with Crippen molar-refractivity contribution in [3.8, 4) is 0 Å². The quantitative estimate of drug-likeness (QED) is 0.703. The number of benzene rings is 1. The molecule has 1 aromatic carbocycles. The fourth-order valence-corrected chi connectivity index (χ4v) is 3.28. The minimum Gasteiger partial charge on any atom is -0.481 e. The number of sulfonamides is 1. The highest BCUT2D eigenvalue weighted by atomic mass is 32.2. The lowest BCUT2D eigenvalue weighted by atomic mass is 10.2. The van der Waals surface area contributed by atoms with E-state index >= 15 is 0 Å². The molecule has 2 rings (SSSR count). The predicted molar refractivity (Wildman–Crippen MR) is 82.0 cm³/mol. The van der Waals surface area contributed by atoms with Crippen molar-refractivity contribution in [2.45, 2.75) is 19.8 Å². The first kappa shape index (κ1) is 16.3. The third-order valence-electron chi connectivity index (χ3n) is 3.32. The number of nitrogens with one attached hydrogen (secondary N) is 2. The van der Waals surface area contributed by atoms with Crippen LogP contribution in [-0.2, 0) is 19.6 Å². The van der Waals surface area contributed by atoms with Gasteiger partial charge in [0.15, 0.2) is 0 Å². The SMILES string of the molecule is CCCS(=O)(=O)Nc1cccc(NC(=O)[C@@H]2C[C@H]2C(=O)O)c1. The molecule has 0 aromatic heterocycles. The maximum Gasteiger partial charge on any atom is 0.307 e. The molecule has 0 unspecified atom stereocenters. The van der Waals surface area contributed by atoms with Gasteiger partial charge in [-0.2, -0.15) is 0 Å². The van der Waals surface area contributed by atoms with E-state index in [-0.39, 0.29) is 11.7 Å². The van der Waals surface area contributed by atoms with Gasteiger partial charge < -0.3 is 10.4 Å². The van der Waals surface area contributed by atoms with Gasteiger partial charge in [-0.1, -0.05) is 13.0 Å². The minimum atomic E-state index is -3.39. The Balaban J connectivity index is 2.00. The molecule has 0 saturated heterocycles. The zero-order valence-electron chi connectivity index (χ0n) is 12.1. The van der Waals surface area contributed by atoms with E-state index in [4.69, 9.17) is 5.11 Å². The van der Waals surface area contributed by atoms with Gasteiger partial charge in [0.05, 0.1) is 23.3 Å². The summed E-state index contributed by atoms with van der Waals surface area (Å²) in [6, 6.07) is 6.32. The van der Waals surface area contributed by atoms with Gasteiger partial charge in [-0.3, -0.25) is 14.3 Å². The van der Waals surface area contributed by atoms with Gasteiger partial charge in [0, 0.05) is 5.69 Å². The lowest BCUT2D eigenvalue weighted by molar-refractivity contribution is -0.139. The van der Waals surface area contributed by atoms with Crippen LogP contribution in [0.3, 0.4) is 0 Å². The highest BCUT2D eigenvalue weighted by Gasteiger charge is 2.48. The van der Waals surface area contributed by atoms with Crippen LogP contribution in [-0.4, -0.2) is 31.2 Å². The summed E-state index contributed by atoms with van der Waals surface area (Å²) in [5, 5.41) is 11.4. The van der Waals surface area contributed by atoms with Crippen LogP contribution in [0.25, 0.3) is 0 Å². The lowest BCUT2D eigenvalue weighted by Crippen LogP contribution is -2.18. The highest BCUT2D eigenvalue weighted by Crippen LogP contribution is 2.39. The molecule has 0 heterocycles. The van der Waals surface area contributed by atoms with Gasteiger partial charge in [0.1, 0.15) is 0 Å². The first-order chi connectivity index (χ1) is 10.3. The van der Waals surface area contributed by atoms with Gasteiger partial charge in [-0.05, 0) is 31.0 Å². The van der Waals surface area contributed by atoms with Crippen LogP contribution in [0.2, 0.25) is 0 Å². The van der Waals surface area contributed by atoms with Crippen LogP contribution in [0.4, 0.5) is 11.4 Å². The number of rotatable bonds is 7. The zero-order chi connectivity index (χ0) is 16.3. The third kappa shape index (κ3) is 4.20. The summed E-state index contributed by atoms with van der Waals surface area (Å²) in [5.41, 5.74) is 0.787. The van der Waals surface area contributed by atoms with E-state index < -0.39 is 27.8 Å². The molecule has 0 bridgehead atoms. The van der Waals surface area contributed by atoms with Crippen LogP contribution >= 0.6 is 0 Å². The fourth-order valence-electron chi connectivity index (χ4n) is 2.15. The van der Waals surface area contributed by atoms with Crippen LogP contribution in [0.15, 0.2) is 24.3 Å². The first-order valence-corrected chi connectivity index (χ1v) is 8.62. The van der Waals surface area contributed by atoms with E-state index in [2.05, 4.69) is 10.0 Å². The standard InChI is InChI=1S/C14H18N2O5S/c1-2-6-22(20,21)16-10-5-3-4-9(7-10)15-13(17)11-8-12(11)14(18)19/h3-5,7,11-12,16H,2,6,8H2,1H3,(H,15,17)(H,18,19)/t11-,12-/m1/s1. The number of hydrogen-bond acceptors (Lipinski definition) is 4. The number of carbonyl (C=O) groups excluding carboxylic acids is 1. The summed E-state index contributed by atoms with van der Waals surface area (Å²) in [6.45, 7) is 1.77. The highest BCUT2D eigenvalue weighted by molar-refractivity contribution is 7.92. The largest absolute Gasteiger partial charge is 0.481 e. The summed E-state index contributed by atoms with van der Waals surface area (Å²) in [6.07, 6.45) is 0.841. The van der Waals surface area contributed by atoms with E-state index in [0.29, 0.717) is 24.2 Å². The van der Waals surface area contributed by atoms with Gasteiger partial charge in [0.25, 0.3) is 0 Å². The van der Waals surface area contributed by atoms with Crippen LogP contribution in [0.1, 0.15) is 19.8 Å². The molecule has 1 amide bonds. The summed E-state index contributed by atoms with van der Waals surface area (Å²) in [7, 11) is -3.39. The fraction of sp³-hybridized carbons (Fsp3) is 0.429. The smallest absolute Gasteiger partial charge is 0.307 e. The molecule has 120 valence electrons. The Hall–Kier alpha value is -2.09. The van der Waals surface area contributed by atoms with Gasteiger partial charge >= 0.3 is 5.97 Å². The molecule has 1 aliphatic carbocycles. The molecule has 2 atom stereocenters. The van der Waals surface area contributed by atoms with Crippen molar-refractivity contribution in [1.29, 1.82) is 0 Å². The van der Waals surface area contributed by atoms with E-state index in [1.807, 2.05) is 0 Å². The normalized spacial score (nSPS) is 20.2. The summed E-state index contributed by atoms with van der Waals surface area (Å²) < 4.78 is 25.8. The van der Waals surface area contributed by atoms with Crippen molar-refractivity contribution in [2.75, 3.05) is 15.8 Å². The molecule has 1 saturated carbocycles. The number of hydrogen-bond donors (Lipinski definition) is 3. The summed E-state index contributed by atoms with van der Waals surface area (Å²) >= 11 is 0. The average molecular weight is 326 g/mol. The summed E-state index contributed by atoms with van der Waals surface area (Å²) in [4.78, 5) is 22.6. The van der Waals surface area contributed by atoms with Crippen LogP contribution in [0.5, 0.6) is 0 Å². The molecule has 3 N–H and O–H groups in total. The number of carboxylic acid groups (broad SMARTS) is 1. The number of carboxylic acids is 1. The first-order valence-electron chi connectivity index (χ1n) is 6.96. The molecule has 0 aliphatic heterocycles. The van der Waals surface area contributed by atoms with Crippen molar-refractivity contribution >= 4 is 33.3 Å². The Kier molecular flexibility index (Phi) is 4.70. The van der Waals surface area contributed by atoms with Crippen molar-refractivity contribution in [1.82, 2.24) is 0 Å². The molecule has 8 heteroatoms. The molecule has 1 aliphatic rings. The third-order valence-corrected chi connectivity index (χ3v) is 4.81. The van der Waals surface area contributed by atoms with Crippen molar-refractivity contribution in [2.24, 2.45) is 11.8 Å². The molecular weight excluding hydrogens is 308 g/mol. The second kappa shape index (κ2) is 6.35. The Morgan fingerprint density at radius 1 is 1.27 bits per heavy atom. The van der Waals surface area contributed by atoms with Gasteiger partial charge in [-0.15, -0.1) is 0 Å². The number of amides is 1. The maximum absolute atomic E-state index is 11.9. The maximum atomic E-state index is 11.9. The van der Waals surface area contributed by atoms with Crippen molar-refractivity contribution in [3.05, 3.63) is 24.3 Å². The second-order valence-electron chi connectivity index (χ2n) is 5.28. The van der Waals surface area contributed by atoms with E-state index in [1.54, 1.807) is 25.1 Å². The van der Waals surface area contributed by atoms with Crippen LogP contribution < -0.4 is 10.0 Å². The molecule has 0 spiro atoms. The van der Waals surface area contributed by atoms with Gasteiger partial charge in [0.2, 0.25) is 15.9 Å². The number of anilines is 2. The Morgan fingerprint density at radius 2 is 1.95 bits per heavy atom. The number of carbonyl (C=O) groups is 2. The predicted octanol–water partition coefficient (Wildman–Crippen LogP) is 1.50. The van der Waals surface area contributed by atoms with Crippen molar-refractivity contribution < 1.29 is 23.1 Å². The zero-order valence-corrected chi connectivity index (χ0v) is 12.9. The number of aliphatic carboxylic acids is 1. The lowest BCUT2D eigenvalue weighted by Gasteiger charge is -2.09. The molecule has 22 heavy (non-hydrogen) atoms. The summed E-state index contributed by atoms with van der Waals surface area (Å²) in [5.74, 6) is -2.45. The molecule has 1 aromatic rings. The molecule has 7 nitrogen and oxygen atoms in total. The van der Waals surface area contributed by atoms with E-state index in [0.717, 1.165) is 0 Å². The second-order valence-corrected chi connectivity index (χ2v) is 7.12. The molecular formula is C14H18N2O5S. The topological polar surface area (TPSA) is 113 Å². The molecule has 0 radical (unpaired) electrons. The minimum absolute atomic E-state index is 0.0198. The Morgan fingerprint density at radius 3 is 2.55 bits per heavy atom. The Labute approximate surface area is 128 Å². The molecule has 1 fully saturated rings. The Bertz CT molecular complexity index is 686. The van der Waals surface area contributed by atoms with E-state index in [1.165, 1.54) is 6.07 Å². The van der Waals surface area contributed by atoms with Crippen LogP contribution in [0, 0.1) is 11.8 Å². The average Bonchev–Trinajstić information content (AvgIpc) is 3.18. The van der Waals surface area contributed by atoms with Gasteiger partial charge in [-0.25, -0.2) is 8.42 Å². The van der Waals surface area contributed by atoms with E-state index in [9.17, 15) is 18.0 Å². The monoisotopic (exact) mass is 326 g/mol. The van der Waals surface area contributed by atoms with Crippen molar-refractivity contribution in [3.63, 3.8) is 0 Å².